The van der Waals surface area contributed by atoms with Crippen LogP contribution in [0.4, 0.5) is 0 Å². The molecule has 1 fully saturated rings. The Bertz CT molecular complexity index is 321. The molecule has 2 nitrogen and oxygen atoms in total. The minimum Gasteiger partial charge on any atom is -0.310 e. The van der Waals surface area contributed by atoms with Crippen molar-refractivity contribution in [1.29, 1.82) is 0 Å². The molecule has 0 saturated heterocycles. The van der Waals surface area contributed by atoms with Crippen LogP contribution in [0.5, 0.6) is 0 Å². The molecule has 1 aromatic rings. The number of nitrogens with zero attached hydrogens (tertiary/aromatic N) is 1. The van der Waals surface area contributed by atoms with Gasteiger partial charge in [-0.1, -0.05) is 0 Å². The van der Waals surface area contributed by atoms with Crippen molar-refractivity contribution in [1.82, 2.24) is 10.3 Å². The van der Waals surface area contributed by atoms with Crippen molar-refractivity contribution in [3.05, 3.63) is 15.6 Å². The van der Waals surface area contributed by atoms with Gasteiger partial charge < -0.3 is 5.32 Å². The van der Waals surface area contributed by atoms with Gasteiger partial charge in [0, 0.05) is 17.2 Å². The van der Waals surface area contributed by atoms with Crippen molar-refractivity contribution < 1.29 is 0 Å². The Morgan fingerprint density at radius 2 is 2.33 bits per heavy atom. The van der Waals surface area contributed by atoms with Crippen LogP contribution < -0.4 is 5.32 Å². The molecule has 1 aliphatic carbocycles. The van der Waals surface area contributed by atoms with Crippen molar-refractivity contribution in [3.8, 4) is 0 Å². The van der Waals surface area contributed by atoms with Crippen LogP contribution in [0.2, 0.25) is 0 Å². The van der Waals surface area contributed by atoms with Gasteiger partial charge in [0.2, 0.25) is 0 Å². The Hall–Kier alpha value is -0.0600. The molecule has 2 heterocycles. The molecule has 1 N–H and O–H groups in total. The molecule has 1 aliphatic heterocycles. The average Bonchev–Trinajstić information content (AvgIpc) is 2.97. The van der Waals surface area contributed by atoms with Crippen LogP contribution >= 0.6 is 23.1 Å². The van der Waals surface area contributed by atoms with E-state index in [4.69, 9.17) is 4.98 Å². The molecule has 0 bridgehead atoms. The number of hydrogen-bond acceptors (Lipinski definition) is 4. The molecule has 15 heavy (non-hydrogen) atoms. The summed E-state index contributed by atoms with van der Waals surface area (Å²) in [5.74, 6) is 3.41. The zero-order chi connectivity index (χ0) is 10.1. The third-order valence-electron chi connectivity index (χ3n) is 2.95. The molecule has 3 rings (SSSR count). The maximum Gasteiger partial charge on any atom is 0.107 e. The van der Waals surface area contributed by atoms with Gasteiger partial charge in [0.05, 0.1) is 5.69 Å². The average molecular weight is 240 g/mol. The van der Waals surface area contributed by atoms with Crippen molar-refractivity contribution in [2.75, 3.05) is 12.3 Å². The monoisotopic (exact) mass is 240 g/mol. The number of aromatic nitrogens is 1. The minimum absolute atomic E-state index is 0.968. The molecule has 0 spiro atoms. The van der Waals surface area contributed by atoms with Gasteiger partial charge in [-0.3, -0.25) is 0 Å². The topological polar surface area (TPSA) is 24.9 Å². The van der Waals surface area contributed by atoms with E-state index in [-0.39, 0.29) is 0 Å². The molecule has 4 heteroatoms. The Morgan fingerprint density at radius 1 is 1.40 bits per heavy atom. The highest BCUT2D eigenvalue weighted by molar-refractivity contribution is 7.98. The number of thioether (sulfide) groups is 1. The molecule has 0 aromatic carbocycles. The summed E-state index contributed by atoms with van der Waals surface area (Å²) in [4.78, 5) is 6.23. The van der Waals surface area contributed by atoms with E-state index in [0.717, 1.165) is 12.5 Å². The lowest BCUT2D eigenvalue weighted by Gasteiger charge is -2.06. The highest BCUT2D eigenvalue weighted by atomic mass is 32.2. The van der Waals surface area contributed by atoms with E-state index in [2.05, 4.69) is 5.32 Å². The normalized spacial score (nSPS) is 20.3. The van der Waals surface area contributed by atoms with Gasteiger partial charge in [-0.05, 0) is 37.5 Å². The number of fused-ring (bicyclic) bond motifs is 1. The summed E-state index contributed by atoms with van der Waals surface area (Å²) in [6, 6.07) is 0. The van der Waals surface area contributed by atoms with Gasteiger partial charge in [0.15, 0.2) is 0 Å². The van der Waals surface area contributed by atoms with Crippen molar-refractivity contribution in [2.45, 2.75) is 31.6 Å². The first-order valence-electron chi connectivity index (χ1n) is 5.68. The molecule has 0 radical (unpaired) electrons. The summed E-state index contributed by atoms with van der Waals surface area (Å²) < 4.78 is 0. The fraction of sp³-hybridized carbons (Fsp3) is 0.727. The highest BCUT2D eigenvalue weighted by Gasteiger charge is 2.20. The number of rotatable bonds is 4. The maximum absolute atomic E-state index is 4.71. The van der Waals surface area contributed by atoms with Crippen LogP contribution in [0.3, 0.4) is 0 Å². The van der Waals surface area contributed by atoms with Crippen molar-refractivity contribution >= 4 is 23.1 Å². The first-order valence-corrected chi connectivity index (χ1v) is 7.65. The van der Waals surface area contributed by atoms with Crippen molar-refractivity contribution in [3.63, 3.8) is 0 Å². The van der Waals surface area contributed by atoms with E-state index in [1.807, 2.05) is 23.1 Å². The second kappa shape index (κ2) is 4.44. The Kier molecular flexibility index (Phi) is 2.99. The Morgan fingerprint density at radius 3 is 3.13 bits per heavy atom. The number of thiazole rings is 1. The third kappa shape index (κ3) is 2.55. The van der Waals surface area contributed by atoms with Gasteiger partial charge in [-0.2, -0.15) is 11.8 Å². The zero-order valence-electron chi connectivity index (χ0n) is 8.79. The predicted octanol–water partition coefficient (Wildman–Crippen LogP) is 2.43. The molecular weight excluding hydrogens is 224 g/mol. The standard InChI is InChI=1S/C11H16N2S2/c1-2-8(1)5-12-6-11-13-9-3-4-14-7-10(9)15-11/h8,12H,1-7H2. The molecule has 0 atom stereocenters. The first-order chi connectivity index (χ1) is 7.42. The SMILES string of the molecule is C1Cc2nc(CNCC3CC3)sc2CS1. The van der Waals surface area contributed by atoms with E-state index in [1.54, 1.807) is 0 Å². The van der Waals surface area contributed by atoms with E-state index in [9.17, 15) is 0 Å². The summed E-state index contributed by atoms with van der Waals surface area (Å²) in [6.45, 7) is 2.18. The van der Waals surface area contributed by atoms with Gasteiger partial charge in [-0.15, -0.1) is 11.3 Å². The van der Waals surface area contributed by atoms with Crippen LogP contribution in [-0.4, -0.2) is 17.3 Å². The lowest BCUT2D eigenvalue weighted by Crippen LogP contribution is -2.15. The number of aryl methyl sites for hydroxylation is 1. The predicted molar refractivity (Wildman–Crippen MR) is 66.4 cm³/mol. The Balaban J connectivity index is 1.57. The second-order valence-corrected chi connectivity index (χ2v) is 6.63. The highest BCUT2D eigenvalue weighted by Crippen LogP contribution is 2.30. The van der Waals surface area contributed by atoms with E-state index < -0.39 is 0 Å². The quantitative estimate of drug-likeness (QED) is 0.875. The molecule has 82 valence electrons. The summed E-state index contributed by atoms with van der Waals surface area (Å²) in [5.41, 5.74) is 1.38. The zero-order valence-corrected chi connectivity index (χ0v) is 10.4. The van der Waals surface area contributed by atoms with E-state index in [0.29, 0.717) is 0 Å². The third-order valence-corrected chi connectivity index (χ3v) is 5.21. The first kappa shape index (κ1) is 10.1. The molecule has 0 amide bonds. The molecule has 0 unspecified atom stereocenters. The van der Waals surface area contributed by atoms with E-state index >= 15 is 0 Å². The number of hydrogen-bond donors (Lipinski definition) is 1. The van der Waals surface area contributed by atoms with Gasteiger partial charge in [0.25, 0.3) is 0 Å². The smallest absolute Gasteiger partial charge is 0.107 e. The van der Waals surface area contributed by atoms with Crippen LogP contribution in [-0.2, 0) is 18.7 Å². The maximum atomic E-state index is 4.71. The van der Waals surface area contributed by atoms with Gasteiger partial charge in [0.1, 0.15) is 5.01 Å². The molecule has 2 aliphatic rings. The van der Waals surface area contributed by atoms with Crippen LogP contribution in [0.15, 0.2) is 0 Å². The van der Waals surface area contributed by atoms with Crippen LogP contribution in [0.25, 0.3) is 0 Å². The summed E-state index contributed by atoms with van der Waals surface area (Å²) in [5, 5.41) is 4.81. The molecular formula is C11H16N2S2. The van der Waals surface area contributed by atoms with E-state index in [1.165, 1.54) is 52.9 Å². The summed E-state index contributed by atoms with van der Waals surface area (Å²) in [6.07, 6.45) is 4.04. The largest absolute Gasteiger partial charge is 0.310 e. The summed E-state index contributed by atoms with van der Waals surface area (Å²) >= 11 is 3.95. The second-order valence-electron chi connectivity index (χ2n) is 4.35. The molecule has 1 aromatic heterocycles. The van der Waals surface area contributed by atoms with Crippen LogP contribution in [0, 0.1) is 5.92 Å². The van der Waals surface area contributed by atoms with Gasteiger partial charge in [-0.25, -0.2) is 4.98 Å². The minimum atomic E-state index is 0.968. The fourth-order valence-electron chi connectivity index (χ4n) is 1.86. The Labute approximate surface area is 98.9 Å². The lowest BCUT2D eigenvalue weighted by atomic mass is 10.3. The lowest BCUT2D eigenvalue weighted by molar-refractivity contribution is 0.635. The fourth-order valence-corrected chi connectivity index (χ4v) is 4.06. The molecule has 1 saturated carbocycles. The number of nitrogens with one attached hydrogen (secondary N) is 1. The van der Waals surface area contributed by atoms with Crippen LogP contribution in [0.1, 0.15) is 28.4 Å². The van der Waals surface area contributed by atoms with Gasteiger partial charge >= 0.3 is 0 Å². The van der Waals surface area contributed by atoms with Crippen molar-refractivity contribution in [2.24, 2.45) is 5.92 Å². The summed E-state index contributed by atoms with van der Waals surface area (Å²) in [7, 11) is 0.